The summed E-state index contributed by atoms with van der Waals surface area (Å²) in [5, 5.41) is 5.18. The predicted molar refractivity (Wildman–Crippen MR) is 69.0 cm³/mol. The number of hydrogen-bond donors (Lipinski definition) is 1. The third-order valence-corrected chi connectivity index (χ3v) is 2.94. The minimum Gasteiger partial charge on any atom is -0.323 e. The van der Waals surface area contributed by atoms with Crippen LogP contribution >= 0.6 is 11.3 Å². The number of aromatic nitrogens is 1. The number of hydrogen-bond acceptors (Lipinski definition) is 3. The number of rotatable bonds is 3. The Kier molecular flexibility index (Phi) is 3.72. The quantitative estimate of drug-likeness (QED) is 0.906. The first-order chi connectivity index (χ1) is 8.25. The molecule has 1 N–H and O–H groups in total. The van der Waals surface area contributed by atoms with Crippen molar-refractivity contribution in [2.45, 2.75) is 6.54 Å². The maximum Gasteiger partial charge on any atom is 0.323 e. The highest BCUT2D eigenvalue weighted by Gasteiger charge is 2.09. The molecule has 0 spiro atoms. The Labute approximate surface area is 104 Å². The molecule has 0 saturated carbocycles. The molecule has 0 bridgehead atoms. The van der Waals surface area contributed by atoms with Gasteiger partial charge in [-0.25, -0.2) is 9.78 Å². The minimum atomic E-state index is -0.149. The van der Waals surface area contributed by atoms with Crippen molar-refractivity contribution in [1.29, 1.82) is 0 Å². The van der Waals surface area contributed by atoms with Gasteiger partial charge in [-0.3, -0.25) is 5.32 Å². The van der Waals surface area contributed by atoms with E-state index in [0.717, 1.165) is 5.56 Å². The Morgan fingerprint density at radius 1 is 1.41 bits per heavy atom. The first-order valence-corrected chi connectivity index (χ1v) is 6.09. The summed E-state index contributed by atoms with van der Waals surface area (Å²) in [5.41, 5.74) is 1.10. The second-order valence-corrected chi connectivity index (χ2v) is 4.50. The summed E-state index contributed by atoms with van der Waals surface area (Å²) in [4.78, 5) is 17.4. The molecule has 1 aromatic carbocycles. The van der Waals surface area contributed by atoms with E-state index in [9.17, 15) is 4.79 Å². The van der Waals surface area contributed by atoms with Gasteiger partial charge in [-0.05, 0) is 5.56 Å². The molecule has 4 nitrogen and oxygen atoms in total. The summed E-state index contributed by atoms with van der Waals surface area (Å²) in [6.07, 6.45) is 1.66. The van der Waals surface area contributed by atoms with E-state index < -0.39 is 0 Å². The van der Waals surface area contributed by atoms with E-state index in [1.165, 1.54) is 11.3 Å². The molecule has 0 saturated heterocycles. The van der Waals surface area contributed by atoms with Gasteiger partial charge in [0.1, 0.15) is 0 Å². The highest BCUT2D eigenvalue weighted by molar-refractivity contribution is 7.13. The zero-order chi connectivity index (χ0) is 12.1. The van der Waals surface area contributed by atoms with Crippen molar-refractivity contribution in [1.82, 2.24) is 9.88 Å². The van der Waals surface area contributed by atoms with E-state index in [4.69, 9.17) is 0 Å². The molecule has 5 heteroatoms. The molecule has 2 amide bonds. The minimum absolute atomic E-state index is 0.149. The monoisotopic (exact) mass is 247 g/mol. The number of benzene rings is 1. The molecular formula is C12H13N3OS. The average molecular weight is 247 g/mol. The maximum atomic E-state index is 11.8. The Hall–Kier alpha value is -1.88. The summed E-state index contributed by atoms with van der Waals surface area (Å²) < 4.78 is 0. The van der Waals surface area contributed by atoms with Crippen molar-refractivity contribution in [3.63, 3.8) is 0 Å². The highest BCUT2D eigenvalue weighted by atomic mass is 32.1. The van der Waals surface area contributed by atoms with E-state index in [1.807, 2.05) is 35.7 Å². The molecule has 0 fully saturated rings. The summed E-state index contributed by atoms with van der Waals surface area (Å²) >= 11 is 1.41. The van der Waals surface area contributed by atoms with Crippen LogP contribution in [-0.4, -0.2) is 23.0 Å². The number of nitrogens with one attached hydrogen (secondary N) is 1. The Morgan fingerprint density at radius 3 is 2.82 bits per heavy atom. The van der Waals surface area contributed by atoms with Crippen LogP contribution in [0.3, 0.4) is 0 Å². The van der Waals surface area contributed by atoms with E-state index in [2.05, 4.69) is 10.3 Å². The van der Waals surface area contributed by atoms with Gasteiger partial charge in [0.05, 0.1) is 0 Å². The number of anilines is 1. The van der Waals surface area contributed by atoms with Crippen LogP contribution in [-0.2, 0) is 6.54 Å². The molecule has 2 aromatic rings. The third kappa shape index (κ3) is 3.29. The first-order valence-electron chi connectivity index (χ1n) is 5.21. The summed E-state index contributed by atoms with van der Waals surface area (Å²) in [7, 11) is 1.76. The number of carbonyl (C=O) groups excluding carboxylic acids is 1. The van der Waals surface area contributed by atoms with Crippen LogP contribution in [0.4, 0.5) is 9.93 Å². The van der Waals surface area contributed by atoms with Crippen LogP contribution in [0.5, 0.6) is 0 Å². The molecule has 1 heterocycles. The van der Waals surface area contributed by atoms with Gasteiger partial charge in [-0.1, -0.05) is 30.3 Å². The molecule has 2 rings (SSSR count). The molecular weight excluding hydrogens is 234 g/mol. The standard InChI is InChI=1S/C12H13N3OS/c1-15(9-10-5-3-2-4-6-10)12(16)14-11-13-7-8-17-11/h2-8H,9H2,1H3,(H,13,14,16). The number of carbonyl (C=O) groups is 1. The number of nitrogens with zero attached hydrogens (tertiary/aromatic N) is 2. The molecule has 0 aliphatic carbocycles. The molecule has 17 heavy (non-hydrogen) atoms. The van der Waals surface area contributed by atoms with Gasteiger partial charge < -0.3 is 4.90 Å². The lowest BCUT2D eigenvalue weighted by atomic mass is 10.2. The normalized spacial score (nSPS) is 9.94. The molecule has 0 aliphatic rings. The van der Waals surface area contributed by atoms with Crippen LogP contribution < -0.4 is 5.32 Å². The average Bonchev–Trinajstić information content (AvgIpc) is 2.83. The molecule has 0 aliphatic heterocycles. The van der Waals surface area contributed by atoms with E-state index >= 15 is 0 Å². The van der Waals surface area contributed by atoms with Crippen molar-refractivity contribution in [3.8, 4) is 0 Å². The molecule has 1 aromatic heterocycles. The summed E-state index contributed by atoms with van der Waals surface area (Å²) in [5.74, 6) is 0. The van der Waals surface area contributed by atoms with E-state index in [-0.39, 0.29) is 6.03 Å². The lowest BCUT2D eigenvalue weighted by molar-refractivity contribution is 0.220. The van der Waals surface area contributed by atoms with Gasteiger partial charge in [-0.15, -0.1) is 11.3 Å². The molecule has 0 radical (unpaired) electrons. The fourth-order valence-corrected chi connectivity index (χ4v) is 1.92. The van der Waals surface area contributed by atoms with Gasteiger partial charge in [0.25, 0.3) is 0 Å². The van der Waals surface area contributed by atoms with Crippen LogP contribution in [0.2, 0.25) is 0 Å². The zero-order valence-corrected chi connectivity index (χ0v) is 10.3. The van der Waals surface area contributed by atoms with Crippen LogP contribution in [0.25, 0.3) is 0 Å². The van der Waals surface area contributed by atoms with Gasteiger partial charge in [0, 0.05) is 25.2 Å². The summed E-state index contributed by atoms with van der Waals surface area (Å²) in [6, 6.07) is 9.72. The second kappa shape index (κ2) is 5.45. The first kappa shape index (κ1) is 11.6. The number of thiazole rings is 1. The van der Waals surface area contributed by atoms with Crippen molar-refractivity contribution in [2.24, 2.45) is 0 Å². The van der Waals surface area contributed by atoms with Crippen molar-refractivity contribution < 1.29 is 4.79 Å². The Bertz CT molecular complexity index is 470. The third-order valence-electron chi connectivity index (χ3n) is 2.26. The van der Waals surface area contributed by atoms with Crippen LogP contribution in [0.1, 0.15) is 5.56 Å². The van der Waals surface area contributed by atoms with E-state index in [1.54, 1.807) is 18.1 Å². The smallest absolute Gasteiger partial charge is 0.323 e. The molecule has 88 valence electrons. The van der Waals surface area contributed by atoms with Gasteiger partial charge >= 0.3 is 6.03 Å². The van der Waals surface area contributed by atoms with Crippen molar-refractivity contribution >= 4 is 22.5 Å². The zero-order valence-electron chi connectivity index (χ0n) is 9.46. The summed E-state index contributed by atoms with van der Waals surface area (Å²) in [6.45, 7) is 0.581. The molecule has 0 atom stereocenters. The van der Waals surface area contributed by atoms with Crippen molar-refractivity contribution in [3.05, 3.63) is 47.5 Å². The number of urea groups is 1. The Morgan fingerprint density at radius 2 is 2.18 bits per heavy atom. The lowest BCUT2D eigenvalue weighted by Gasteiger charge is -2.16. The van der Waals surface area contributed by atoms with Gasteiger partial charge in [0.15, 0.2) is 5.13 Å². The fourth-order valence-electron chi connectivity index (χ4n) is 1.40. The predicted octanol–water partition coefficient (Wildman–Crippen LogP) is 2.81. The molecule has 0 unspecified atom stereocenters. The largest absolute Gasteiger partial charge is 0.323 e. The highest BCUT2D eigenvalue weighted by Crippen LogP contribution is 2.11. The van der Waals surface area contributed by atoms with Gasteiger partial charge in [-0.2, -0.15) is 0 Å². The number of amides is 2. The fraction of sp³-hybridized carbons (Fsp3) is 0.167. The van der Waals surface area contributed by atoms with Crippen LogP contribution in [0.15, 0.2) is 41.9 Å². The lowest BCUT2D eigenvalue weighted by Crippen LogP contribution is -2.30. The van der Waals surface area contributed by atoms with Crippen LogP contribution in [0, 0.1) is 0 Å². The van der Waals surface area contributed by atoms with Gasteiger partial charge in [0.2, 0.25) is 0 Å². The second-order valence-electron chi connectivity index (χ2n) is 3.61. The maximum absolute atomic E-state index is 11.8. The van der Waals surface area contributed by atoms with E-state index in [0.29, 0.717) is 11.7 Å². The van der Waals surface area contributed by atoms with Crippen molar-refractivity contribution in [2.75, 3.05) is 12.4 Å². The topological polar surface area (TPSA) is 45.2 Å². The SMILES string of the molecule is CN(Cc1ccccc1)C(=O)Nc1nccs1. The Balaban J connectivity index is 1.92.